The van der Waals surface area contributed by atoms with Gasteiger partial charge in [0.25, 0.3) is 10.1 Å². The van der Waals surface area contributed by atoms with Gasteiger partial charge in [0, 0.05) is 24.9 Å². The first-order valence-electron chi connectivity index (χ1n) is 21.9. The number of aromatic nitrogens is 1. The fraction of sp³-hybridized carbons (Fsp3) is 0.638. The molecule has 0 radical (unpaired) electrons. The third-order valence-electron chi connectivity index (χ3n) is 16.0. The van der Waals surface area contributed by atoms with Gasteiger partial charge in [-0.15, -0.1) is 0 Å². The lowest BCUT2D eigenvalue weighted by Crippen LogP contribution is -2.63. The van der Waals surface area contributed by atoms with Gasteiger partial charge >= 0.3 is 0 Å². The van der Waals surface area contributed by atoms with Gasteiger partial charge in [-0.25, -0.2) is 0 Å². The minimum Gasteiger partial charge on any atom is -0.393 e. The maximum atomic E-state index is 12.7. The topological polar surface area (TPSA) is 186 Å². The Hall–Kier alpha value is -3.42. The molecule has 4 saturated carbocycles. The number of benzene rings is 2. The maximum Gasteiger partial charge on any atom is 0.266 e. The summed E-state index contributed by atoms with van der Waals surface area (Å²) in [5, 5.41) is 43.3. The number of aliphatic hydroxyl groups excluding tert-OH is 2. The summed E-state index contributed by atoms with van der Waals surface area (Å²) >= 11 is 0. The molecule has 11 nitrogen and oxygen atoms in total. The molecule has 322 valence electrons. The summed E-state index contributed by atoms with van der Waals surface area (Å²) in [6.07, 6.45) is 6.48. The number of aryl methyl sites for hydroxylation is 2. The number of nitrogens with one attached hydrogen (secondary N) is 2. The number of Topliss-reactive ketones (excluding diaryl/α,β-unsaturated/α-hetero) is 1. The largest absolute Gasteiger partial charge is 0.393 e. The van der Waals surface area contributed by atoms with Gasteiger partial charge in [-0.1, -0.05) is 63.2 Å². The third kappa shape index (κ3) is 8.72. The standard InChI is InChI=1S/C47H65N3O8S/c1-28(13-16-41(54)48-21-22-59(56,57)58)35-14-15-36-43-37(25-40(53)46(35,36)5)45(4)19-20-47(55,26-33(45)24-39(43)52)18-17-31-9-8-10-32(23-31)27-49-44-34-11-6-7-12-38(34)50-29(2)42(44)30(3)51/h6-12,23,28,33,35-37,39-40,43,52-53,55H,13-22,24-27H2,1-5H3,(H,48,54)(H,49,50)(H,56,57,58). The van der Waals surface area contributed by atoms with E-state index in [2.05, 4.69) is 60.7 Å². The Morgan fingerprint density at radius 2 is 1.75 bits per heavy atom. The van der Waals surface area contributed by atoms with Crippen molar-refractivity contribution in [3.8, 4) is 0 Å². The Morgan fingerprint density at radius 3 is 2.49 bits per heavy atom. The van der Waals surface area contributed by atoms with Crippen LogP contribution in [0.2, 0.25) is 0 Å². The number of aliphatic hydroxyl groups is 3. The number of amides is 1. The number of anilines is 1. The summed E-state index contributed by atoms with van der Waals surface area (Å²) in [5.74, 6) is 0.0989. The van der Waals surface area contributed by atoms with Crippen LogP contribution in [0.1, 0.15) is 119 Å². The molecule has 4 aliphatic rings. The van der Waals surface area contributed by atoms with E-state index in [4.69, 9.17) is 4.55 Å². The highest BCUT2D eigenvalue weighted by Gasteiger charge is 2.66. The number of carbonyl (C=O) groups is 2. The van der Waals surface area contributed by atoms with Gasteiger partial charge in [0.05, 0.1) is 46.0 Å². The summed E-state index contributed by atoms with van der Waals surface area (Å²) in [6.45, 7) is 10.6. The van der Waals surface area contributed by atoms with Crippen molar-refractivity contribution in [2.24, 2.45) is 46.3 Å². The van der Waals surface area contributed by atoms with Gasteiger partial charge in [0.15, 0.2) is 5.78 Å². The number of carbonyl (C=O) groups excluding carboxylic acids is 2. The fourth-order valence-electron chi connectivity index (χ4n) is 12.8. The molecule has 4 fully saturated rings. The molecule has 0 saturated heterocycles. The van der Waals surface area contributed by atoms with Crippen LogP contribution in [0.25, 0.3) is 10.9 Å². The molecule has 6 N–H and O–H groups in total. The predicted octanol–water partition coefficient (Wildman–Crippen LogP) is 7.04. The summed E-state index contributed by atoms with van der Waals surface area (Å²) in [6, 6.07) is 16.3. The van der Waals surface area contributed by atoms with Gasteiger partial charge in [-0.3, -0.25) is 19.1 Å². The van der Waals surface area contributed by atoms with Crippen LogP contribution >= 0.6 is 0 Å². The van der Waals surface area contributed by atoms with Gasteiger partial charge < -0.3 is 26.0 Å². The zero-order valence-corrected chi connectivity index (χ0v) is 36.2. The van der Waals surface area contributed by atoms with E-state index in [9.17, 15) is 33.3 Å². The first kappa shape index (κ1) is 43.7. The van der Waals surface area contributed by atoms with Crippen LogP contribution in [0, 0.1) is 53.3 Å². The maximum absolute atomic E-state index is 12.7. The number of rotatable bonds is 14. The lowest BCUT2D eigenvalue weighted by atomic mass is 9.42. The first-order chi connectivity index (χ1) is 27.8. The highest BCUT2D eigenvalue weighted by molar-refractivity contribution is 7.85. The van der Waals surface area contributed by atoms with Crippen LogP contribution in [0.15, 0.2) is 48.5 Å². The Labute approximate surface area is 349 Å². The van der Waals surface area contributed by atoms with Crippen LogP contribution < -0.4 is 10.6 Å². The second kappa shape index (κ2) is 16.8. The number of para-hydroxylation sites is 1. The Bertz CT molecular complexity index is 2160. The number of pyridine rings is 1. The molecule has 59 heavy (non-hydrogen) atoms. The van der Waals surface area contributed by atoms with E-state index in [1.54, 1.807) is 6.92 Å². The van der Waals surface area contributed by atoms with Crippen molar-refractivity contribution in [3.63, 3.8) is 0 Å². The summed E-state index contributed by atoms with van der Waals surface area (Å²) < 4.78 is 31.0. The van der Waals surface area contributed by atoms with E-state index >= 15 is 0 Å². The fourth-order valence-corrected chi connectivity index (χ4v) is 13.2. The molecular formula is C47H65N3O8S. The second-order valence-electron chi connectivity index (χ2n) is 19.4. The number of hydrogen-bond acceptors (Lipinski definition) is 9. The van der Waals surface area contributed by atoms with Gasteiger partial charge in [0.1, 0.15) is 0 Å². The zero-order valence-electron chi connectivity index (χ0n) is 35.4. The van der Waals surface area contributed by atoms with E-state index in [-0.39, 0.29) is 71.0 Å². The van der Waals surface area contributed by atoms with Gasteiger partial charge in [-0.2, -0.15) is 8.42 Å². The molecule has 0 spiro atoms. The van der Waals surface area contributed by atoms with Crippen molar-refractivity contribution < 1.29 is 37.9 Å². The molecule has 4 aliphatic carbocycles. The van der Waals surface area contributed by atoms with E-state index in [1.165, 1.54) is 0 Å². The Kier molecular flexibility index (Phi) is 12.4. The molecule has 0 bridgehead atoms. The third-order valence-corrected chi connectivity index (χ3v) is 16.7. The molecule has 0 aliphatic heterocycles. The van der Waals surface area contributed by atoms with E-state index in [0.29, 0.717) is 56.3 Å². The highest BCUT2D eigenvalue weighted by atomic mass is 32.2. The molecule has 11 unspecified atom stereocenters. The van der Waals surface area contributed by atoms with Crippen molar-refractivity contribution in [2.75, 3.05) is 17.6 Å². The van der Waals surface area contributed by atoms with Gasteiger partial charge in [0.2, 0.25) is 5.91 Å². The van der Waals surface area contributed by atoms with Crippen molar-refractivity contribution in [1.29, 1.82) is 0 Å². The normalized spacial score (nSPS) is 33.4. The van der Waals surface area contributed by atoms with E-state index in [1.807, 2.05) is 31.2 Å². The van der Waals surface area contributed by atoms with E-state index in [0.717, 1.165) is 53.4 Å². The average Bonchev–Trinajstić information content (AvgIpc) is 3.54. The number of nitrogens with zero attached hydrogens (tertiary/aromatic N) is 1. The second-order valence-corrected chi connectivity index (χ2v) is 20.9. The average molecular weight is 832 g/mol. The molecule has 11 atom stereocenters. The predicted molar refractivity (Wildman–Crippen MR) is 229 cm³/mol. The molecule has 2 aromatic carbocycles. The lowest BCUT2D eigenvalue weighted by molar-refractivity contribution is -0.216. The smallest absolute Gasteiger partial charge is 0.266 e. The van der Waals surface area contributed by atoms with Crippen molar-refractivity contribution in [2.45, 2.75) is 130 Å². The van der Waals surface area contributed by atoms with Crippen LogP contribution in [-0.4, -0.2) is 75.1 Å². The molecular weight excluding hydrogens is 767 g/mol. The monoisotopic (exact) mass is 831 g/mol. The summed E-state index contributed by atoms with van der Waals surface area (Å²) in [5.41, 5.74) is 3.88. The Morgan fingerprint density at radius 1 is 1.00 bits per heavy atom. The highest BCUT2D eigenvalue weighted by Crippen LogP contribution is 2.69. The minimum atomic E-state index is -4.14. The van der Waals surface area contributed by atoms with Gasteiger partial charge in [-0.05, 0) is 142 Å². The molecule has 7 rings (SSSR count). The minimum absolute atomic E-state index is 0.0256. The SMILES string of the molecule is CC(=O)c1c(C)nc2ccccc2c1NCc1cccc(CCC2(O)CCC3(C)C(CC(O)C4C3CC(O)C3(C)C(C(C)CCC(=O)NCCS(=O)(=O)O)CCC43)C2)c1. The van der Waals surface area contributed by atoms with Crippen LogP contribution in [-0.2, 0) is 27.9 Å². The molecule has 1 amide bonds. The number of hydrogen-bond donors (Lipinski definition) is 6. The molecule has 3 aromatic rings. The van der Waals surface area contributed by atoms with Crippen molar-refractivity contribution >= 4 is 38.4 Å². The van der Waals surface area contributed by atoms with Crippen LogP contribution in [0.5, 0.6) is 0 Å². The summed E-state index contributed by atoms with van der Waals surface area (Å²) in [7, 11) is -4.14. The van der Waals surface area contributed by atoms with Crippen molar-refractivity contribution in [1.82, 2.24) is 10.3 Å². The molecule has 1 heterocycles. The quantitative estimate of drug-likeness (QED) is 0.0727. The van der Waals surface area contributed by atoms with E-state index < -0.39 is 33.7 Å². The zero-order chi connectivity index (χ0) is 42.5. The lowest BCUT2D eigenvalue weighted by Gasteiger charge is -2.64. The number of fused-ring (bicyclic) bond motifs is 6. The molecule has 1 aromatic heterocycles. The van der Waals surface area contributed by atoms with Crippen LogP contribution in [0.3, 0.4) is 0 Å². The van der Waals surface area contributed by atoms with Crippen molar-refractivity contribution in [3.05, 3.63) is 70.9 Å². The number of ketones is 1. The summed E-state index contributed by atoms with van der Waals surface area (Å²) in [4.78, 5) is 29.8. The van der Waals surface area contributed by atoms with Crippen LogP contribution in [0.4, 0.5) is 5.69 Å². The first-order valence-corrected chi connectivity index (χ1v) is 23.5. The molecule has 12 heteroatoms. The Balaban J connectivity index is 0.974.